The summed E-state index contributed by atoms with van der Waals surface area (Å²) < 4.78 is 20.3. The summed E-state index contributed by atoms with van der Waals surface area (Å²) in [5, 5.41) is 0.555. The molecule has 0 aliphatic carbocycles. The Bertz CT molecular complexity index is 539. The molecule has 90 valence electrons. The fourth-order valence-corrected chi connectivity index (χ4v) is 1.56. The van der Waals surface area contributed by atoms with E-state index in [4.69, 9.17) is 16.3 Å². The van der Waals surface area contributed by atoms with E-state index in [1.807, 2.05) is 7.05 Å². The molecule has 2 rings (SSSR count). The molecule has 1 heterocycles. The number of benzene rings is 1. The van der Waals surface area contributed by atoms with Gasteiger partial charge in [0.15, 0.2) is 0 Å². The van der Waals surface area contributed by atoms with Gasteiger partial charge in [-0.25, -0.2) is 9.37 Å². The highest BCUT2D eigenvalue weighted by Gasteiger charge is 2.06. The van der Waals surface area contributed by atoms with Gasteiger partial charge < -0.3 is 9.30 Å². The summed E-state index contributed by atoms with van der Waals surface area (Å²) in [6.45, 7) is 1.99. The Kier molecular flexibility index (Phi) is 3.33. The Morgan fingerprint density at radius 2 is 2.24 bits per heavy atom. The van der Waals surface area contributed by atoms with E-state index in [-0.39, 0.29) is 5.82 Å². The second kappa shape index (κ2) is 4.75. The van der Waals surface area contributed by atoms with Crippen molar-refractivity contribution in [2.45, 2.75) is 13.5 Å². The fourth-order valence-electron chi connectivity index (χ4n) is 1.41. The summed E-state index contributed by atoms with van der Waals surface area (Å²) in [5.41, 5.74) is 0.556. The lowest BCUT2D eigenvalue weighted by molar-refractivity contribution is 0.291. The molecule has 5 heteroatoms. The molecule has 0 atom stereocenters. The van der Waals surface area contributed by atoms with Crippen molar-refractivity contribution in [1.82, 2.24) is 9.55 Å². The first kappa shape index (κ1) is 11.9. The molecule has 0 fully saturated rings. The first-order valence-corrected chi connectivity index (χ1v) is 5.51. The third-order valence-electron chi connectivity index (χ3n) is 2.53. The van der Waals surface area contributed by atoms with Crippen LogP contribution in [0.5, 0.6) is 5.75 Å². The second-order valence-corrected chi connectivity index (χ2v) is 4.14. The number of hydrogen-bond acceptors (Lipinski definition) is 2. The Hall–Kier alpha value is -1.55. The van der Waals surface area contributed by atoms with Crippen LogP contribution >= 0.6 is 11.6 Å². The number of ether oxygens (including phenoxy) is 1. The van der Waals surface area contributed by atoms with Gasteiger partial charge in [0.2, 0.25) is 0 Å². The van der Waals surface area contributed by atoms with Gasteiger partial charge in [-0.05, 0) is 30.7 Å². The highest BCUT2D eigenvalue weighted by atomic mass is 35.5. The van der Waals surface area contributed by atoms with E-state index < -0.39 is 0 Å². The van der Waals surface area contributed by atoms with Crippen LogP contribution in [0.2, 0.25) is 5.15 Å². The molecule has 0 bridgehead atoms. The molecule has 0 saturated carbocycles. The smallest absolute Gasteiger partial charge is 0.147 e. The number of imidazole rings is 1. The zero-order valence-corrected chi connectivity index (χ0v) is 10.3. The maximum absolute atomic E-state index is 13.0. The predicted molar refractivity (Wildman–Crippen MR) is 63.7 cm³/mol. The molecule has 0 spiro atoms. The number of rotatable bonds is 3. The molecule has 1 aromatic carbocycles. The van der Waals surface area contributed by atoms with Gasteiger partial charge in [0.1, 0.15) is 29.2 Å². The highest BCUT2D eigenvalue weighted by molar-refractivity contribution is 6.29. The van der Waals surface area contributed by atoms with Gasteiger partial charge in [-0.3, -0.25) is 0 Å². The Morgan fingerprint density at radius 1 is 1.47 bits per heavy atom. The van der Waals surface area contributed by atoms with Gasteiger partial charge >= 0.3 is 0 Å². The molecule has 1 aromatic heterocycles. The molecule has 17 heavy (non-hydrogen) atoms. The first-order valence-electron chi connectivity index (χ1n) is 5.13. The zero-order chi connectivity index (χ0) is 12.4. The van der Waals surface area contributed by atoms with Crippen molar-refractivity contribution in [3.05, 3.63) is 46.8 Å². The van der Waals surface area contributed by atoms with Gasteiger partial charge in [-0.15, -0.1) is 0 Å². The SMILES string of the molecule is Cc1cc(OCc2ncc(Cl)n2C)ccc1F. The van der Waals surface area contributed by atoms with Crippen molar-refractivity contribution in [1.29, 1.82) is 0 Å². The molecular weight excluding hydrogens is 243 g/mol. The molecule has 0 amide bonds. The highest BCUT2D eigenvalue weighted by Crippen LogP contribution is 2.17. The number of nitrogens with zero attached hydrogens (tertiary/aromatic N) is 2. The van der Waals surface area contributed by atoms with E-state index in [0.29, 0.717) is 23.1 Å². The molecule has 0 aliphatic rings. The quantitative estimate of drug-likeness (QED) is 0.842. The van der Waals surface area contributed by atoms with Crippen LogP contribution in [0.4, 0.5) is 4.39 Å². The van der Waals surface area contributed by atoms with Crippen molar-refractivity contribution in [2.24, 2.45) is 7.05 Å². The molecule has 0 aliphatic heterocycles. The van der Waals surface area contributed by atoms with E-state index in [1.54, 1.807) is 29.8 Å². The average Bonchev–Trinajstić information content (AvgIpc) is 2.62. The van der Waals surface area contributed by atoms with Crippen LogP contribution in [0.15, 0.2) is 24.4 Å². The maximum atomic E-state index is 13.0. The minimum Gasteiger partial charge on any atom is -0.486 e. The molecule has 0 saturated heterocycles. The number of hydrogen-bond donors (Lipinski definition) is 0. The van der Waals surface area contributed by atoms with Crippen molar-refractivity contribution >= 4 is 11.6 Å². The van der Waals surface area contributed by atoms with Gasteiger partial charge in [-0.2, -0.15) is 0 Å². The predicted octanol–water partition coefficient (Wildman–Crippen LogP) is 3.10. The minimum absolute atomic E-state index is 0.239. The van der Waals surface area contributed by atoms with Crippen molar-refractivity contribution < 1.29 is 9.13 Å². The number of halogens is 2. The van der Waals surface area contributed by atoms with Crippen LogP contribution in [0, 0.1) is 12.7 Å². The number of aryl methyl sites for hydroxylation is 1. The van der Waals surface area contributed by atoms with E-state index in [2.05, 4.69) is 4.98 Å². The largest absolute Gasteiger partial charge is 0.486 e. The van der Waals surface area contributed by atoms with E-state index in [1.165, 1.54) is 6.07 Å². The first-order chi connectivity index (χ1) is 8.08. The van der Waals surface area contributed by atoms with Crippen molar-refractivity contribution in [3.8, 4) is 5.75 Å². The topological polar surface area (TPSA) is 27.1 Å². The summed E-state index contributed by atoms with van der Waals surface area (Å²) in [5.74, 6) is 1.09. The second-order valence-electron chi connectivity index (χ2n) is 3.76. The third-order valence-corrected chi connectivity index (χ3v) is 2.88. The van der Waals surface area contributed by atoms with Crippen LogP contribution < -0.4 is 4.74 Å². The van der Waals surface area contributed by atoms with Crippen LogP contribution in [0.1, 0.15) is 11.4 Å². The van der Waals surface area contributed by atoms with Gasteiger partial charge in [0.25, 0.3) is 0 Å². The molecule has 3 nitrogen and oxygen atoms in total. The van der Waals surface area contributed by atoms with Gasteiger partial charge in [-0.1, -0.05) is 11.6 Å². The van der Waals surface area contributed by atoms with E-state index in [9.17, 15) is 4.39 Å². The average molecular weight is 255 g/mol. The van der Waals surface area contributed by atoms with Gasteiger partial charge in [0, 0.05) is 7.05 Å². The minimum atomic E-state index is -0.239. The van der Waals surface area contributed by atoms with Crippen LogP contribution in [0.25, 0.3) is 0 Å². The zero-order valence-electron chi connectivity index (χ0n) is 9.58. The van der Waals surface area contributed by atoms with Crippen molar-refractivity contribution in [2.75, 3.05) is 0 Å². The van der Waals surface area contributed by atoms with E-state index in [0.717, 1.165) is 5.82 Å². The van der Waals surface area contributed by atoms with Crippen LogP contribution in [-0.4, -0.2) is 9.55 Å². The summed E-state index contributed by atoms with van der Waals surface area (Å²) in [6.07, 6.45) is 1.57. The van der Waals surface area contributed by atoms with Crippen LogP contribution in [-0.2, 0) is 13.7 Å². The summed E-state index contributed by atoms with van der Waals surface area (Å²) in [7, 11) is 1.81. The monoisotopic (exact) mass is 254 g/mol. The summed E-state index contributed by atoms with van der Waals surface area (Å²) in [6, 6.07) is 4.63. The lowest BCUT2D eigenvalue weighted by Crippen LogP contribution is -2.03. The molecule has 0 unspecified atom stereocenters. The Balaban J connectivity index is 2.07. The Morgan fingerprint density at radius 3 is 2.82 bits per heavy atom. The van der Waals surface area contributed by atoms with E-state index >= 15 is 0 Å². The third kappa shape index (κ3) is 2.58. The van der Waals surface area contributed by atoms with Gasteiger partial charge in [0.05, 0.1) is 6.20 Å². The van der Waals surface area contributed by atoms with Crippen molar-refractivity contribution in [3.63, 3.8) is 0 Å². The fraction of sp³-hybridized carbons (Fsp3) is 0.250. The standard InChI is InChI=1S/C12H12ClFN2O/c1-8-5-9(3-4-10(8)14)17-7-12-15-6-11(13)16(12)2/h3-6H,7H2,1-2H3. The summed E-state index contributed by atoms with van der Waals surface area (Å²) >= 11 is 5.85. The Labute approximate surface area is 104 Å². The molecular formula is C12H12ClFN2O. The summed E-state index contributed by atoms with van der Waals surface area (Å²) in [4.78, 5) is 4.10. The lowest BCUT2D eigenvalue weighted by atomic mass is 10.2. The number of aromatic nitrogens is 2. The normalized spacial score (nSPS) is 10.6. The maximum Gasteiger partial charge on any atom is 0.147 e. The molecule has 2 aromatic rings. The molecule has 0 radical (unpaired) electrons. The van der Waals surface area contributed by atoms with Crippen LogP contribution in [0.3, 0.4) is 0 Å². The molecule has 0 N–H and O–H groups in total. The lowest BCUT2D eigenvalue weighted by Gasteiger charge is -2.07.